The molecule has 0 saturated heterocycles. The average molecular weight is 418 g/mol. The maximum absolute atomic E-state index is 12.8. The Labute approximate surface area is 166 Å². The fourth-order valence-corrected chi connectivity index (χ4v) is 3.53. The molecule has 148 valence electrons. The van der Waals surface area contributed by atoms with Crippen LogP contribution in [0.2, 0.25) is 0 Å². The van der Waals surface area contributed by atoms with E-state index >= 15 is 0 Å². The summed E-state index contributed by atoms with van der Waals surface area (Å²) in [7, 11) is 0. The SMILES string of the molecule is Cc1ccc(-c2ccc(=O)n(Cc3nnnn3-c3ccc(C(F)(F)F)cc3)n2)s1. The van der Waals surface area contributed by atoms with Gasteiger partial charge in [-0.25, -0.2) is 4.68 Å². The molecule has 4 aromatic rings. The lowest BCUT2D eigenvalue weighted by Crippen LogP contribution is -2.24. The van der Waals surface area contributed by atoms with Crippen molar-refractivity contribution < 1.29 is 13.2 Å². The molecule has 0 unspecified atom stereocenters. The van der Waals surface area contributed by atoms with E-state index in [-0.39, 0.29) is 17.9 Å². The Bertz CT molecular complexity index is 1210. The van der Waals surface area contributed by atoms with Crippen LogP contribution in [-0.2, 0) is 12.7 Å². The summed E-state index contributed by atoms with van der Waals surface area (Å²) in [6.07, 6.45) is -4.43. The number of nitrogens with zero attached hydrogens (tertiary/aromatic N) is 6. The predicted molar refractivity (Wildman–Crippen MR) is 99.8 cm³/mol. The Morgan fingerprint density at radius 2 is 1.79 bits per heavy atom. The van der Waals surface area contributed by atoms with Crippen LogP contribution in [0, 0.1) is 6.92 Å². The summed E-state index contributed by atoms with van der Waals surface area (Å²) >= 11 is 1.55. The van der Waals surface area contributed by atoms with Crippen molar-refractivity contribution in [2.45, 2.75) is 19.6 Å². The molecule has 0 amide bonds. The third-order valence-corrected chi connectivity index (χ3v) is 5.15. The number of benzene rings is 1. The van der Waals surface area contributed by atoms with Crippen molar-refractivity contribution in [3.63, 3.8) is 0 Å². The van der Waals surface area contributed by atoms with E-state index < -0.39 is 11.7 Å². The highest BCUT2D eigenvalue weighted by Gasteiger charge is 2.30. The first-order chi connectivity index (χ1) is 13.8. The number of aromatic nitrogens is 6. The normalized spacial score (nSPS) is 11.7. The lowest BCUT2D eigenvalue weighted by atomic mass is 10.2. The predicted octanol–water partition coefficient (Wildman–Crippen LogP) is 3.32. The first kappa shape index (κ1) is 19.0. The number of thiophene rings is 1. The number of aryl methyl sites for hydroxylation is 1. The van der Waals surface area contributed by atoms with Gasteiger partial charge in [0.1, 0.15) is 12.2 Å². The third kappa shape index (κ3) is 3.94. The minimum Gasteiger partial charge on any atom is -0.268 e. The quantitative estimate of drug-likeness (QED) is 0.508. The van der Waals surface area contributed by atoms with Crippen molar-refractivity contribution in [3.05, 3.63) is 75.1 Å². The van der Waals surface area contributed by atoms with E-state index in [2.05, 4.69) is 20.6 Å². The van der Waals surface area contributed by atoms with Gasteiger partial charge in [-0.2, -0.15) is 23.0 Å². The maximum atomic E-state index is 12.8. The smallest absolute Gasteiger partial charge is 0.268 e. The second-order valence-corrected chi connectivity index (χ2v) is 7.46. The van der Waals surface area contributed by atoms with Gasteiger partial charge in [0.25, 0.3) is 5.56 Å². The summed E-state index contributed by atoms with van der Waals surface area (Å²) in [5, 5.41) is 15.7. The molecule has 0 aliphatic carbocycles. The van der Waals surface area contributed by atoms with Crippen LogP contribution in [0.1, 0.15) is 16.3 Å². The van der Waals surface area contributed by atoms with Crippen molar-refractivity contribution in [1.82, 2.24) is 30.0 Å². The molecule has 0 N–H and O–H groups in total. The van der Waals surface area contributed by atoms with E-state index in [0.717, 1.165) is 21.9 Å². The summed E-state index contributed by atoms with van der Waals surface area (Å²) in [5.41, 5.74) is -0.135. The molecule has 0 bridgehead atoms. The number of alkyl halides is 3. The van der Waals surface area contributed by atoms with Crippen molar-refractivity contribution >= 4 is 11.3 Å². The van der Waals surface area contributed by atoms with E-state index in [1.165, 1.54) is 27.6 Å². The zero-order chi connectivity index (χ0) is 20.6. The van der Waals surface area contributed by atoms with Crippen LogP contribution in [0.5, 0.6) is 0 Å². The number of halogens is 3. The number of tetrazole rings is 1. The Hall–Kier alpha value is -3.34. The Balaban J connectivity index is 1.65. The molecule has 0 aliphatic heterocycles. The zero-order valence-corrected chi connectivity index (χ0v) is 15.8. The van der Waals surface area contributed by atoms with Crippen LogP contribution < -0.4 is 5.56 Å². The second-order valence-electron chi connectivity index (χ2n) is 6.18. The lowest BCUT2D eigenvalue weighted by Gasteiger charge is -2.09. The summed E-state index contributed by atoms with van der Waals surface area (Å²) in [4.78, 5) is 14.3. The molecule has 0 radical (unpaired) electrons. The molecule has 1 aromatic carbocycles. The fourth-order valence-electron chi connectivity index (χ4n) is 2.70. The Morgan fingerprint density at radius 3 is 2.45 bits per heavy atom. The molecule has 3 aromatic heterocycles. The van der Waals surface area contributed by atoms with E-state index in [1.807, 2.05) is 19.1 Å². The molecule has 29 heavy (non-hydrogen) atoms. The van der Waals surface area contributed by atoms with Gasteiger partial charge in [0.15, 0.2) is 5.82 Å². The van der Waals surface area contributed by atoms with Crippen LogP contribution in [0.3, 0.4) is 0 Å². The van der Waals surface area contributed by atoms with Gasteiger partial charge in [0, 0.05) is 10.9 Å². The highest BCUT2D eigenvalue weighted by atomic mass is 32.1. The molecule has 0 spiro atoms. The van der Waals surface area contributed by atoms with E-state index in [0.29, 0.717) is 11.4 Å². The molecular weight excluding hydrogens is 405 g/mol. The van der Waals surface area contributed by atoms with Crippen LogP contribution in [-0.4, -0.2) is 30.0 Å². The highest BCUT2D eigenvalue weighted by Crippen LogP contribution is 2.29. The summed E-state index contributed by atoms with van der Waals surface area (Å²) in [6, 6.07) is 11.4. The van der Waals surface area contributed by atoms with Gasteiger partial charge in [-0.1, -0.05) is 0 Å². The van der Waals surface area contributed by atoms with Gasteiger partial charge >= 0.3 is 6.18 Å². The van der Waals surface area contributed by atoms with Crippen molar-refractivity contribution in [1.29, 1.82) is 0 Å². The summed E-state index contributed by atoms with van der Waals surface area (Å²) in [5.74, 6) is 0.263. The summed E-state index contributed by atoms with van der Waals surface area (Å²) in [6.45, 7) is 1.94. The molecule has 0 atom stereocenters. The zero-order valence-electron chi connectivity index (χ0n) is 15.0. The average Bonchev–Trinajstić information content (AvgIpc) is 3.32. The number of hydrogen-bond acceptors (Lipinski definition) is 6. The minimum atomic E-state index is -4.43. The Morgan fingerprint density at radius 1 is 1.03 bits per heavy atom. The first-order valence-corrected chi connectivity index (χ1v) is 9.23. The molecular formula is C18H13F3N6OS. The maximum Gasteiger partial charge on any atom is 0.416 e. The third-order valence-electron chi connectivity index (χ3n) is 4.12. The van der Waals surface area contributed by atoms with Crippen LogP contribution >= 0.6 is 11.3 Å². The first-order valence-electron chi connectivity index (χ1n) is 8.41. The molecule has 4 rings (SSSR count). The topological polar surface area (TPSA) is 78.5 Å². The largest absolute Gasteiger partial charge is 0.416 e. The van der Waals surface area contributed by atoms with Gasteiger partial charge in [-0.05, 0) is 59.8 Å². The van der Waals surface area contributed by atoms with E-state index in [4.69, 9.17) is 0 Å². The van der Waals surface area contributed by atoms with E-state index in [9.17, 15) is 18.0 Å². The van der Waals surface area contributed by atoms with Crippen molar-refractivity contribution in [2.24, 2.45) is 0 Å². The molecule has 0 fully saturated rings. The molecule has 11 heteroatoms. The van der Waals surface area contributed by atoms with Crippen LogP contribution in [0.15, 0.2) is 53.3 Å². The summed E-state index contributed by atoms with van der Waals surface area (Å²) < 4.78 is 40.8. The molecule has 0 aliphatic rings. The number of rotatable bonds is 4. The van der Waals surface area contributed by atoms with Crippen LogP contribution in [0.25, 0.3) is 16.3 Å². The van der Waals surface area contributed by atoms with Gasteiger partial charge < -0.3 is 0 Å². The van der Waals surface area contributed by atoms with Crippen molar-refractivity contribution in [2.75, 3.05) is 0 Å². The van der Waals surface area contributed by atoms with Crippen molar-refractivity contribution in [3.8, 4) is 16.3 Å². The van der Waals surface area contributed by atoms with Gasteiger partial charge in [0.05, 0.1) is 16.1 Å². The van der Waals surface area contributed by atoms with Gasteiger partial charge in [-0.15, -0.1) is 16.4 Å². The molecule has 3 heterocycles. The number of hydrogen-bond donors (Lipinski definition) is 0. The minimum absolute atomic E-state index is 0.0367. The molecule has 0 saturated carbocycles. The van der Waals surface area contributed by atoms with Gasteiger partial charge in [0.2, 0.25) is 0 Å². The lowest BCUT2D eigenvalue weighted by molar-refractivity contribution is -0.137. The second kappa shape index (κ2) is 7.24. The fraction of sp³-hybridized carbons (Fsp3) is 0.167. The van der Waals surface area contributed by atoms with Crippen LogP contribution in [0.4, 0.5) is 13.2 Å². The highest BCUT2D eigenvalue weighted by molar-refractivity contribution is 7.15. The van der Waals surface area contributed by atoms with Gasteiger partial charge in [-0.3, -0.25) is 4.79 Å². The van der Waals surface area contributed by atoms with E-state index in [1.54, 1.807) is 17.4 Å². The molecule has 7 nitrogen and oxygen atoms in total. The standard InChI is InChI=1S/C18H13F3N6OS/c1-11-2-8-15(29-11)14-7-9-17(28)26(23-14)10-16-22-24-25-27(16)13-5-3-12(4-6-13)18(19,20)21/h2-9H,10H2,1H3. The monoisotopic (exact) mass is 418 g/mol. The Kier molecular flexibility index (Phi) is 4.74.